The van der Waals surface area contributed by atoms with Crippen LogP contribution in [0.2, 0.25) is 0 Å². The van der Waals surface area contributed by atoms with Gasteiger partial charge in [-0.15, -0.1) is 11.3 Å². The van der Waals surface area contributed by atoms with Gasteiger partial charge in [0.1, 0.15) is 9.88 Å². The van der Waals surface area contributed by atoms with Gasteiger partial charge in [0.25, 0.3) is 5.91 Å². The number of nitrogens with one attached hydrogen (secondary N) is 1. The maximum Gasteiger partial charge on any atom is 0.263 e. The van der Waals surface area contributed by atoms with E-state index in [4.69, 9.17) is 4.74 Å². The van der Waals surface area contributed by atoms with Crippen molar-refractivity contribution in [2.24, 2.45) is 0 Å². The van der Waals surface area contributed by atoms with E-state index in [9.17, 15) is 9.90 Å². The molecule has 0 aliphatic heterocycles. The highest BCUT2D eigenvalue weighted by Gasteiger charge is 2.15. The highest BCUT2D eigenvalue weighted by Crippen LogP contribution is 2.19. The first kappa shape index (κ1) is 15.6. The first-order valence-electron chi connectivity index (χ1n) is 6.56. The van der Waals surface area contributed by atoms with Crippen molar-refractivity contribution in [1.82, 2.24) is 10.3 Å². The minimum atomic E-state index is -0.153. The molecular formula is C15H18N2O3S. The van der Waals surface area contributed by atoms with Crippen molar-refractivity contribution in [3.05, 3.63) is 51.0 Å². The molecule has 0 aliphatic rings. The fourth-order valence-corrected chi connectivity index (χ4v) is 2.94. The van der Waals surface area contributed by atoms with Crippen LogP contribution in [0.5, 0.6) is 0 Å². The molecule has 2 rings (SSSR count). The number of ether oxygens (including phenoxy) is 1. The number of methoxy groups -OCH3 is 1. The summed E-state index contributed by atoms with van der Waals surface area (Å²) in [7, 11) is 1.60. The summed E-state index contributed by atoms with van der Waals surface area (Å²) in [6, 6.07) is 7.48. The largest absolute Gasteiger partial charge is 0.392 e. The second-order valence-electron chi connectivity index (χ2n) is 4.56. The van der Waals surface area contributed by atoms with Crippen molar-refractivity contribution >= 4 is 17.2 Å². The number of nitrogens with zero attached hydrogens (tertiary/aromatic N) is 1. The Morgan fingerprint density at radius 1 is 1.38 bits per heavy atom. The molecule has 5 nitrogen and oxygen atoms in total. The first-order chi connectivity index (χ1) is 10.2. The molecule has 0 unspecified atom stereocenters. The minimum Gasteiger partial charge on any atom is -0.392 e. The number of carbonyl (C=O) groups is 1. The van der Waals surface area contributed by atoms with Gasteiger partial charge in [-0.2, -0.15) is 0 Å². The van der Waals surface area contributed by atoms with Crippen LogP contribution in [0.15, 0.2) is 24.3 Å². The number of benzene rings is 1. The molecule has 1 aromatic heterocycles. The third kappa shape index (κ3) is 3.87. The molecule has 1 heterocycles. The second-order valence-corrected chi connectivity index (χ2v) is 5.65. The maximum atomic E-state index is 12.2. The normalized spacial score (nSPS) is 10.6. The van der Waals surface area contributed by atoms with Gasteiger partial charge in [-0.25, -0.2) is 4.98 Å². The Kier molecular flexibility index (Phi) is 5.44. The summed E-state index contributed by atoms with van der Waals surface area (Å²) in [6.45, 7) is 2.56. The summed E-state index contributed by atoms with van der Waals surface area (Å²) < 4.78 is 5.02. The molecule has 21 heavy (non-hydrogen) atoms. The molecule has 0 saturated heterocycles. The van der Waals surface area contributed by atoms with Crippen LogP contribution >= 0.6 is 11.3 Å². The van der Waals surface area contributed by atoms with Crippen LogP contribution in [0, 0.1) is 6.92 Å². The standard InChI is InChI=1S/C15H18N2O3S/c1-10-14(21-13(17-10)9-20-2)15(19)16-7-11-5-3-4-6-12(11)8-18/h3-6,18H,7-9H2,1-2H3,(H,16,19). The first-order valence-corrected chi connectivity index (χ1v) is 7.38. The molecule has 2 N–H and O–H groups in total. The van der Waals surface area contributed by atoms with Crippen LogP contribution in [0.4, 0.5) is 0 Å². The number of hydrogen-bond acceptors (Lipinski definition) is 5. The molecule has 0 atom stereocenters. The summed E-state index contributed by atoms with van der Waals surface area (Å²) in [5.74, 6) is -0.153. The maximum absolute atomic E-state index is 12.2. The van der Waals surface area contributed by atoms with Crippen molar-refractivity contribution in [2.75, 3.05) is 7.11 Å². The van der Waals surface area contributed by atoms with Crippen LogP contribution in [0.3, 0.4) is 0 Å². The minimum absolute atomic E-state index is 0.0381. The molecule has 0 spiro atoms. The van der Waals surface area contributed by atoms with Crippen LogP contribution in [0.1, 0.15) is 31.5 Å². The van der Waals surface area contributed by atoms with Gasteiger partial charge in [0.05, 0.1) is 18.9 Å². The summed E-state index contributed by atoms with van der Waals surface area (Å²) in [6.07, 6.45) is 0. The summed E-state index contributed by atoms with van der Waals surface area (Å²) in [5, 5.41) is 12.9. The molecule has 6 heteroatoms. The molecule has 0 aliphatic carbocycles. The van der Waals surface area contributed by atoms with Crippen molar-refractivity contribution in [3.8, 4) is 0 Å². The van der Waals surface area contributed by atoms with E-state index < -0.39 is 0 Å². The van der Waals surface area contributed by atoms with E-state index in [1.54, 1.807) is 7.11 Å². The van der Waals surface area contributed by atoms with Crippen molar-refractivity contribution in [1.29, 1.82) is 0 Å². The van der Waals surface area contributed by atoms with Gasteiger partial charge in [-0.05, 0) is 18.1 Å². The summed E-state index contributed by atoms with van der Waals surface area (Å²) in [5.41, 5.74) is 2.44. The lowest BCUT2D eigenvalue weighted by atomic mass is 10.1. The van der Waals surface area contributed by atoms with Gasteiger partial charge in [0.2, 0.25) is 0 Å². The van der Waals surface area contributed by atoms with Crippen molar-refractivity contribution in [2.45, 2.75) is 26.7 Å². The van der Waals surface area contributed by atoms with Crippen LogP contribution in [0.25, 0.3) is 0 Å². The van der Waals surface area contributed by atoms with E-state index in [0.29, 0.717) is 23.7 Å². The predicted octanol–water partition coefficient (Wildman–Crippen LogP) is 2.02. The van der Waals surface area contributed by atoms with Gasteiger partial charge in [-0.3, -0.25) is 4.79 Å². The molecule has 0 bridgehead atoms. The van der Waals surface area contributed by atoms with Gasteiger partial charge in [-0.1, -0.05) is 24.3 Å². The van der Waals surface area contributed by atoms with Crippen molar-refractivity contribution < 1.29 is 14.6 Å². The van der Waals surface area contributed by atoms with Crippen LogP contribution in [-0.4, -0.2) is 23.1 Å². The number of thiazole rings is 1. The van der Waals surface area contributed by atoms with Gasteiger partial charge >= 0.3 is 0 Å². The highest BCUT2D eigenvalue weighted by molar-refractivity contribution is 7.13. The van der Waals surface area contributed by atoms with E-state index in [1.807, 2.05) is 31.2 Å². The van der Waals surface area contributed by atoms with E-state index in [2.05, 4.69) is 10.3 Å². The van der Waals surface area contributed by atoms with E-state index in [1.165, 1.54) is 11.3 Å². The number of amides is 1. The molecule has 0 fully saturated rings. The second kappa shape index (κ2) is 7.31. The van der Waals surface area contributed by atoms with Gasteiger partial charge in [0.15, 0.2) is 0 Å². The Morgan fingerprint density at radius 3 is 2.76 bits per heavy atom. The molecule has 0 saturated carbocycles. The zero-order valence-electron chi connectivity index (χ0n) is 12.0. The fraction of sp³-hybridized carbons (Fsp3) is 0.333. The number of aliphatic hydroxyl groups is 1. The predicted molar refractivity (Wildman–Crippen MR) is 81.1 cm³/mol. The number of aromatic nitrogens is 1. The Hall–Kier alpha value is -1.76. The Labute approximate surface area is 127 Å². The highest BCUT2D eigenvalue weighted by atomic mass is 32.1. The molecule has 2 aromatic rings. The SMILES string of the molecule is COCc1nc(C)c(C(=O)NCc2ccccc2CO)s1. The monoisotopic (exact) mass is 306 g/mol. The molecular weight excluding hydrogens is 288 g/mol. The smallest absolute Gasteiger partial charge is 0.263 e. The number of hydrogen-bond donors (Lipinski definition) is 2. The zero-order chi connectivity index (χ0) is 15.2. The summed E-state index contributed by atoms with van der Waals surface area (Å²) in [4.78, 5) is 17.1. The number of aryl methyl sites for hydroxylation is 1. The number of aliphatic hydroxyl groups excluding tert-OH is 1. The number of rotatable bonds is 6. The van der Waals surface area contributed by atoms with Gasteiger partial charge in [0, 0.05) is 13.7 Å². The molecule has 1 amide bonds. The van der Waals surface area contributed by atoms with E-state index >= 15 is 0 Å². The summed E-state index contributed by atoms with van der Waals surface area (Å²) >= 11 is 1.34. The molecule has 1 aromatic carbocycles. The third-order valence-corrected chi connectivity index (χ3v) is 4.17. The Balaban J connectivity index is 2.04. The quantitative estimate of drug-likeness (QED) is 0.856. The lowest BCUT2D eigenvalue weighted by molar-refractivity contribution is 0.0954. The van der Waals surface area contributed by atoms with Crippen molar-refractivity contribution in [3.63, 3.8) is 0 Å². The Morgan fingerprint density at radius 2 is 2.10 bits per heavy atom. The lowest BCUT2D eigenvalue weighted by Crippen LogP contribution is -2.23. The van der Waals surface area contributed by atoms with E-state index in [0.717, 1.165) is 16.1 Å². The van der Waals surface area contributed by atoms with Gasteiger partial charge < -0.3 is 15.2 Å². The average Bonchev–Trinajstić information content (AvgIpc) is 2.86. The average molecular weight is 306 g/mol. The Bertz CT molecular complexity index is 625. The van der Waals surface area contributed by atoms with Crippen LogP contribution < -0.4 is 5.32 Å². The molecule has 0 radical (unpaired) electrons. The zero-order valence-corrected chi connectivity index (χ0v) is 12.9. The fourth-order valence-electron chi connectivity index (χ4n) is 1.99. The lowest BCUT2D eigenvalue weighted by Gasteiger charge is -2.08. The number of carbonyl (C=O) groups excluding carboxylic acids is 1. The van der Waals surface area contributed by atoms with E-state index in [-0.39, 0.29) is 12.5 Å². The molecule has 112 valence electrons. The third-order valence-electron chi connectivity index (χ3n) is 3.04. The van der Waals surface area contributed by atoms with Crippen LogP contribution in [-0.2, 0) is 24.5 Å². The topological polar surface area (TPSA) is 71.5 Å².